The Hall–Kier alpha value is -1.38. The van der Waals surface area contributed by atoms with Crippen LogP contribution in [0.2, 0.25) is 5.02 Å². The highest BCUT2D eigenvalue weighted by Gasteiger charge is 2.07. The van der Waals surface area contributed by atoms with Crippen molar-refractivity contribution in [1.29, 1.82) is 0 Å². The summed E-state index contributed by atoms with van der Waals surface area (Å²) in [6.45, 7) is 2.10. The molecule has 0 radical (unpaired) electrons. The maximum absolute atomic E-state index is 6.04. The largest absolute Gasteiger partial charge is 0.244 e. The molecule has 84 valence electrons. The third-order valence-electron chi connectivity index (χ3n) is 2.72. The standard InChI is InChI=1S/C14H10ClNS/c1-9-5-12(10-3-2-4-11(15)7-10)14-13(6-9)17-8-16-14/h2-8H,1H3. The Morgan fingerprint density at radius 1 is 1.18 bits per heavy atom. The summed E-state index contributed by atoms with van der Waals surface area (Å²) in [4.78, 5) is 4.44. The van der Waals surface area contributed by atoms with E-state index in [9.17, 15) is 0 Å². The van der Waals surface area contributed by atoms with Crippen LogP contribution in [0.5, 0.6) is 0 Å². The topological polar surface area (TPSA) is 12.9 Å². The number of aromatic nitrogens is 1. The molecule has 0 unspecified atom stereocenters. The number of nitrogens with zero attached hydrogens (tertiary/aromatic N) is 1. The summed E-state index contributed by atoms with van der Waals surface area (Å²) in [5.41, 5.74) is 6.47. The minimum Gasteiger partial charge on any atom is -0.244 e. The van der Waals surface area contributed by atoms with E-state index < -0.39 is 0 Å². The lowest BCUT2D eigenvalue weighted by Crippen LogP contribution is -1.82. The van der Waals surface area contributed by atoms with Gasteiger partial charge in [-0.2, -0.15) is 0 Å². The maximum Gasteiger partial charge on any atom is 0.0890 e. The van der Waals surface area contributed by atoms with E-state index in [1.807, 2.05) is 23.7 Å². The van der Waals surface area contributed by atoms with Crippen molar-refractivity contribution < 1.29 is 0 Å². The lowest BCUT2D eigenvalue weighted by atomic mass is 10.0. The van der Waals surface area contributed by atoms with Crippen molar-refractivity contribution in [1.82, 2.24) is 4.98 Å². The molecule has 3 aromatic rings. The van der Waals surface area contributed by atoms with Crippen molar-refractivity contribution >= 4 is 33.2 Å². The smallest absolute Gasteiger partial charge is 0.0890 e. The molecule has 0 aliphatic rings. The molecule has 2 aromatic carbocycles. The summed E-state index contributed by atoms with van der Waals surface area (Å²) in [5, 5.41) is 0.757. The molecule has 0 fully saturated rings. The van der Waals surface area contributed by atoms with Gasteiger partial charge in [0.2, 0.25) is 0 Å². The molecule has 17 heavy (non-hydrogen) atoms. The summed E-state index contributed by atoms with van der Waals surface area (Å²) in [6.07, 6.45) is 0. The van der Waals surface area contributed by atoms with Crippen LogP contribution < -0.4 is 0 Å². The molecule has 0 atom stereocenters. The van der Waals surface area contributed by atoms with Crippen molar-refractivity contribution in [2.45, 2.75) is 6.92 Å². The van der Waals surface area contributed by atoms with Gasteiger partial charge >= 0.3 is 0 Å². The van der Waals surface area contributed by atoms with Crippen LogP contribution in [-0.4, -0.2) is 4.98 Å². The monoisotopic (exact) mass is 259 g/mol. The van der Waals surface area contributed by atoms with Gasteiger partial charge in [0.15, 0.2) is 0 Å². The van der Waals surface area contributed by atoms with E-state index >= 15 is 0 Å². The van der Waals surface area contributed by atoms with E-state index in [0.29, 0.717) is 0 Å². The van der Waals surface area contributed by atoms with Gasteiger partial charge in [-0.05, 0) is 42.3 Å². The molecule has 3 heteroatoms. The van der Waals surface area contributed by atoms with Crippen LogP contribution in [0.15, 0.2) is 41.9 Å². The third kappa shape index (κ3) is 1.94. The number of rotatable bonds is 1. The number of benzene rings is 2. The molecule has 3 rings (SSSR count). The zero-order chi connectivity index (χ0) is 11.8. The maximum atomic E-state index is 6.04. The quantitative estimate of drug-likeness (QED) is 0.604. The van der Waals surface area contributed by atoms with Crippen LogP contribution in [0.1, 0.15) is 5.56 Å². The molecule has 0 spiro atoms. The van der Waals surface area contributed by atoms with E-state index in [1.165, 1.54) is 10.3 Å². The van der Waals surface area contributed by atoms with E-state index in [2.05, 4.69) is 30.1 Å². The van der Waals surface area contributed by atoms with Crippen LogP contribution >= 0.6 is 22.9 Å². The first kappa shape index (κ1) is 10.8. The molecule has 0 saturated carbocycles. The molecule has 0 amide bonds. The van der Waals surface area contributed by atoms with Crippen LogP contribution in [0.4, 0.5) is 0 Å². The Morgan fingerprint density at radius 3 is 2.88 bits per heavy atom. The SMILES string of the molecule is Cc1cc(-c2cccc(Cl)c2)c2ncsc2c1. The number of hydrogen-bond acceptors (Lipinski definition) is 2. The Bertz CT molecular complexity index is 688. The predicted octanol–water partition coefficient (Wildman–Crippen LogP) is 4.93. The van der Waals surface area contributed by atoms with Crippen LogP contribution in [0, 0.1) is 6.92 Å². The Kier molecular flexibility index (Phi) is 2.61. The van der Waals surface area contributed by atoms with Crippen molar-refractivity contribution in [3.05, 3.63) is 52.5 Å². The first-order chi connectivity index (χ1) is 8.24. The third-order valence-corrected chi connectivity index (χ3v) is 3.73. The van der Waals surface area contributed by atoms with Gasteiger partial charge in [0.25, 0.3) is 0 Å². The molecule has 1 heterocycles. The fraction of sp³-hybridized carbons (Fsp3) is 0.0714. The summed E-state index contributed by atoms with van der Waals surface area (Å²) in [5.74, 6) is 0. The van der Waals surface area contributed by atoms with Gasteiger partial charge in [-0.1, -0.05) is 23.7 Å². The average molecular weight is 260 g/mol. The Morgan fingerprint density at radius 2 is 2.06 bits per heavy atom. The minimum atomic E-state index is 0.757. The second-order valence-corrected chi connectivity index (χ2v) is 5.34. The van der Waals surface area contributed by atoms with Crippen LogP contribution in [-0.2, 0) is 0 Å². The zero-order valence-electron chi connectivity index (χ0n) is 9.27. The highest BCUT2D eigenvalue weighted by molar-refractivity contribution is 7.16. The average Bonchev–Trinajstić information content (AvgIpc) is 2.75. The lowest BCUT2D eigenvalue weighted by molar-refractivity contribution is 1.46. The normalized spacial score (nSPS) is 10.9. The highest BCUT2D eigenvalue weighted by atomic mass is 35.5. The van der Waals surface area contributed by atoms with E-state index in [1.54, 1.807) is 11.3 Å². The Labute approximate surface area is 109 Å². The summed E-state index contributed by atoms with van der Waals surface area (Å²) >= 11 is 7.71. The molecule has 0 saturated heterocycles. The molecule has 0 bridgehead atoms. The number of thiazole rings is 1. The van der Waals surface area contributed by atoms with E-state index in [0.717, 1.165) is 21.7 Å². The first-order valence-corrected chi connectivity index (χ1v) is 6.59. The van der Waals surface area contributed by atoms with Crippen molar-refractivity contribution in [2.24, 2.45) is 0 Å². The summed E-state index contributed by atoms with van der Waals surface area (Å²) in [6, 6.07) is 12.2. The van der Waals surface area contributed by atoms with Gasteiger partial charge in [0, 0.05) is 10.6 Å². The molecule has 0 aliphatic carbocycles. The zero-order valence-corrected chi connectivity index (χ0v) is 10.8. The lowest BCUT2D eigenvalue weighted by Gasteiger charge is -2.05. The minimum absolute atomic E-state index is 0.757. The van der Waals surface area contributed by atoms with E-state index in [4.69, 9.17) is 11.6 Å². The number of hydrogen-bond donors (Lipinski definition) is 0. The summed E-state index contributed by atoms with van der Waals surface area (Å²) in [7, 11) is 0. The molecular formula is C14H10ClNS. The second kappa shape index (κ2) is 4.13. The predicted molar refractivity (Wildman–Crippen MR) is 74.8 cm³/mol. The first-order valence-electron chi connectivity index (χ1n) is 5.34. The molecule has 0 aliphatic heterocycles. The van der Waals surface area contributed by atoms with Gasteiger partial charge in [0.05, 0.1) is 15.7 Å². The Balaban J connectivity index is 2.32. The molecule has 1 aromatic heterocycles. The molecule has 1 nitrogen and oxygen atoms in total. The number of fused-ring (bicyclic) bond motifs is 1. The number of halogens is 1. The van der Waals surface area contributed by atoms with Crippen LogP contribution in [0.3, 0.4) is 0 Å². The fourth-order valence-corrected chi connectivity index (χ4v) is 2.97. The highest BCUT2D eigenvalue weighted by Crippen LogP contribution is 2.32. The van der Waals surface area contributed by atoms with Crippen molar-refractivity contribution in [3.8, 4) is 11.1 Å². The van der Waals surface area contributed by atoms with Gasteiger partial charge in [-0.15, -0.1) is 11.3 Å². The van der Waals surface area contributed by atoms with Gasteiger partial charge in [0.1, 0.15) is 0 Å². The van der Waals surface area contributed by atoms with Gasteiger partial charge in [-0.25, -0.2) is 4.98 Å². The van der Waals surface area contributed by atoms with Crippen molar-refractivity contribution in [3.63, 3.8) is 0 Å². The van der Waals surface area contributed by atoms with Gasteiger partial charge in [-0.3, -0.25) is 0 Å². The second-order valence-electron chi connectivity index (χ2n) is 4.02. The number of aryl methyl sites for hydroxylation is 1. The molecular weight excluding hydrogens is 250 g/mol. The van der Waals surface area contributed by atoms with Gasteiger partial charge < -0.3 is 0 Å². The van der Waals surface area contributed by atoms with Crippen molar-refractivity contribution in [2.75, 3.05) is 0 Å². The van der Waals surface area contributed by atoms with E-state index in [-0.39, 0.29) is 0 Å². The fourth-order valence-electron chi connectivity index (χ4n) is 1.98. The summed E-state index contributed by atoms with van der Waals surface area (Å²) < 4.78 is 1.22. The van der Waals surface area contributed by atoms with Crippen LogP contribution in [0.25, 0.3) is 21.3 Å². The molecule has 0 N–H and O–H groups in total.